The van der Waals surface area contributed by atoms with Crippen LogP contribution in [0, 0.1) is 0 Å². The molecule has 1 aromatic carbocycles. The van der Waals surface area contributed by atoms with Crippen molar-refractivity contribution in [1.29, 1.82) is 0 Å². The maximum atomic E-state index is 6.28. The third-order valence-electron chi connectivity index (χ3n) is 2.56. The molecule has 1 heterocycles. The van der Waals surface area contributed by atoms with Crippen molar-refractivity contribution in [3.8, 4) is 0 Å². The van der Waals surface area contributed by atoms with Gasteiger partial charge in [-0.3, -0.25) is 4.98 Å². The number of nitrogens with zero attached hydrogens (tertiary/aromatic N) is 1. The number of hydrogen-bond acceptors (Lipinski definition) is 3. The van der Waals surface area contributed by atoms with Gasteiger partial charge >= 0.3 is 0 Å². The van der Waals surface area contributed by atoms with Crippen LogP contribution in [0.25, 0.3) is 0 Å². The van der Waals surface area contributed by atoms with Crippen LogP contribution >= 0.6 is 35.0 Å². The molecule has 0 spiro atoms. The predicted molar refractivity (Wildman–Crippen MR) is 89.0 cm³/mol. The van der Waals surface area contributed by atoms with Crippen LogP contribution in [-0.4, -0.2) is 11.0 Å². The van der Waals surface area contributed by atoms with E-state index in [2.05, 4.69) is 24.1 Å². The van der Waals surface area contributed by atoms with E-state index in [4.69, 9.17) is 23.2 Å². The first-order valence-electron chi connectivity index (χ1n) is 6.34. The summed E-state index contributed by atoms with van der Waals surface area (Å²) in [5.74, 6) is 0.796. The number of rotatable bonds is 5. The van der Waals surface area contributed by atoms with Crippen LogP contribution in [0.1, 0.15) is 19.5 Å². The Morgan fingerprint density at radius 2 is 1.90 bits per heavy atom. The van der Waals surface area contributed by atoms with Crippen molar-refractivity contribution in [2.24, 2.45) is 0 Å². The minimum Gasteiger partial charge on any atom is -0.380 e. The molecule has 0 unspecified atom stereocenters. The van der Waals surface area contributed by atoms with Crippen LogP contribution in [0.4, 0.5) is 5.69 Å². The van der Waals surface area contributed by atoms with E-state index in [1.54, 1.807) is 18.0 Å². The molecule has 0 radical (unpaired) electrons. The predicted octanol–water partition coefficient (Wildman–Crippen LogP) is 5.50. The topological polar surface area (TPSA) is 24.9 Å². The molecule has 1 aromatic heterocycles. The van der Waals surface area contributed by atoms with Gasteiger partial charge in [0.15, 0.2) is 0 Å². The van der Waals surface area contributed by atoms with E-state index >= 15 is 0 Å². The number of hydrogen-bond donors (Lipinski definition) is 1. The molecule has 0 fully saturated rings. The lowest BCUT2D eigenvalue weighted by Crippen LogP contribution is -2.10. The van der Waals surface area contributed by atoms with Crippen LogP contribution < -0.4 is 5.32 Å². The van der Waals surface area contributed by atoms with E-state index in [-0.39, 0.29) is 6.04 Å². The third-order valence-corrected chi connectivity index (χ3v) is 4.17. The van der Waals surface area contributed by atoms with Gasteiger partial charge in [0.25, 0.3) is 0 Å². The number of halogens is 2. The van der Waals surface area contributed by atoms with Crippen LogP contribution in [0.3, 0.4) is 0 Å². The fourth-order valence-electron chi connectivity index (χ4n) is 1.70. The zero-order valence-electron chi connectivity index (χ0n) is 11.4. The average Bonchev–Trinajstić information content (AvgIpc) is 2.41. The second-order valence-electron chi connectivity index (χ2n) is 4.67. The summed E-state index contributed by atoms with van der Waals surface area (Å²) in [6.45, 7) is 4.10. The number of thioether (sulfide) groups is 1. The normalized spacial score (nSPS) is 10.8. The van der Waals surface area contributed by atoms with Gasteiger partial charge in [-0.1, -0.05) is 29.3 Å². The lowest BCUT2D eigenvalue weighted by molar-refractivity contribution is 0.899. The first-order chi connectivity index (χ1) is 9.56. The Labute approximate surface area is 133 Å². The molecule has 106 valence electrons. The minimum absolute atomic E-state index is 0.289. The van der Waals surface area contributed by atoms with Gasteiger partial charge in [0.1, 0.15) is 0 Å². The summed E-state index contributed by atoms with van der Waals surface area (Å²) in [7, 11) is 0. The molecule has 0 atom stereocenters. The summed E-state index contributed by atoms with van der Waals surface area (Å²) in [5.41, 5.74) is 1.83. The summed E-state index contributed by atoms with van der Waals surface area (Å²) in [5, 5.41) is 4.55. The van der Waals surface area contributed by atoms with E-state index in [0.29, 0.717) is 10.0 Å². The van der Waals surface area contributed by atoms with Gasteiger partial charge in [-0.05, 0) is 38.1 Å². The number of nitrogens with one attached hydrogen (secondary N) is 1. The van der Waals surface area contributed by atoms with Gasteiger partial charge < -0.3 is 5.32 Å². The molecule has 0 aliphatic heterocycles. The number of aromatic nitrogens is 1. The smallest absolute Gasteiger partial charge is 0.0721 e. The Hall–Kier alpha value is -0.900. The molecule has 0 saturated heterocycles. The van der Waals surface area contributed by atoms with E-state index in [1.165, 1.54) is 0 Å². The highest BCUT2D eigenvalue weighted by atomic mass is 35.5. The molecule has 0 aliphatic carbocycles. The zero-order chi connectivity index (χ0) is 14.5. The maximum Gasteiger partial charge on any atom is 0.0721 e. The molecule has 0 aliphatic rings. The fourth-order valence-corrected chi connectivity index (χ4v) is 3.31. The van der Waals surface area contributed by atoms with E-state index in [0.717, 1.165) is 22.0 Å². The van der Waals surface area contributed by atoms with Crippen molar-refractivity contribution in [1.82, 2.24) is 4.98 Å². The van der Waals surface area contributed by atoms with Crippen molar-refractivity contribution in [2.45, 2.75) is 30.5 Å². The molecule has 2 nitrogen and oxygen atoms in total. The summed E-state index contributed by atoms with van der Waals surface area (Å²) in [6, 6.07) is 10.1. The van der Waals surface area contributed by atoms with Crippen molar-refractivity contribution in [2.75, 3.05) is 5.32 Å². The summed E-state index contributed by atoms with van der Waals surface area (Å²) >= 11 is 14.2. The van der Waals surface area contributed by atoms with Crippen molar-refractivity contribution < 1.29 is 0 Å². The van der Waals surface area contributed by atoms with Crippen molar-refractivity contribution in [3.63, 3.8) is 0 Å². The molecule has 0 amide bonds. The van der Waals surface area contributed by atoms with Crippen LogP contribution in [0.15, 0.2) is 41.4 Å². The quantitative estimate of drug-likeness (QED) is 0.734. The number of benzene rings is 1. The van der Waals surface area contributed by atoms with Gasteiger partial charge in [-0.2, -0.15) is 0 Å². The maximum absolute atomic E-state index is 6.28. The molecule has 20 heavy (non-hydrogen) atoms. The summed E-state index contributed by atoms with van der Waals surface area (Å²) in [6.07, 6.45) is 1.80. The lowest BCUT2D eigenvalue weighted by atomic mass is 10.3. The molecule has 0 saturated carbocycles. The molecule has 2 rings (SSSR count). The summed E-state index contributed by atoms with van der Waals surface area (Å²) in [4.78, 5) is 5.34. The summed E-state index contributed by atoms with van der Waals surface area (Å²) < 4.78 is 0. The molecular weight excluding hydrogens is 311 g/mol. The molecule has 0 bridgehead atoms. The molecule has 2 aromatic rings. The van der Waals surface area contributed by atoms with Crippen LogP contribution in [0.2, 0.25) is 10.0 Å². The highest BCUT2D eigenvalue weighted by molar-refractivity contribution is 7.98. The monoisotopic (exact) mass is 326 g/mol. The Kier molecular flexibility index (Phi) is 5.58. The Morgan fingerprint density at radius 3 is 2.45 bits per heavy atom. The number of pyridine rings is 1. The second-order valence-corrected chi connectivity index (χ2v) is 6.53. The van der Waals surface area contributed by atoms with E-state index < -0.39 is 0 Å². The first kappa shape index (κ1) is 15.5. The van der Waals surface area contributed by atoms with Crippen molar-refractivity contribution in [3.05, 3.63) is 52.3 Å². The zero-order valence-corrected chi connectivity index (χ0v) is 13.7. The second kappa shape index (κ2) is 7.21. The average molecular weight is 327 g/mol. The Morgan fingerprint density at radius 1 is 1.20 bits per heavy atom. The van der Waals surface area contributed by atoms with Gasteiger partial charge in [0.2, 0.25) is 0 Å². The van der Waals surface area contributed by atoms with Gasteiger partial charge in [-0.15, -0.1) is 11.8 Å². The number of anilines is 1. The van der Waals surface area contributed by atoms with Crippen molar-refractivity contribution >= 4 is 40.7 Å². The third kappa shape index (κ3) is 4.30. The van der Waals surface area contributed by atoms with Gasteiger partial charge in [0.05, 0.1) is 21.4 Å². The minimum atomic E-state index is 0.289. The van der Waals surface area contributed by atoms with Crippen LogP contribution in [-0.2, 0) is 5.75 Å². The van der Waals surface area contributed by atoms with E-state index in [9.17, 15) is 0 Å². The Balaban J connectivity index is 2.10. The largest absolute Gasteiger partial charge is 0.380 e. The highest BCUT2D eigenvalue weighted by Crippen LogP contribution is 2.36. The molecular formula is C15H16Cl2N2S. The fraction of sp³-hybridized carbons (Fsp3) is 0.267. The van der Waals surface area contributed by atoms with Crippen LogP contribution in [0.5, 0.6) is 0 Å². The lowest BCUT2D eigenvalue weighted by Gasteiger charge is -2.14. The van der Waals surface area contributed by atoms with E-state index in [1.807, 2.05) is 30.3 Å². The highest BCUT2D eigenvalue weighted by Gasteiger charge is 2.10. The van der Waals surface area contributed by atoms with Gasteiger partial charge in [0, 0.05) is 22.9 Å². The Bertz CT molecular complexity index is 550. The van der Waals surface area contributed by atoms with Gasteiger partial charge in [-0.25, -0.2) is 0 Å². The first-order valence-corrected chi connectivity index (χ1v) is 8.08. The standard InChI is InChI=1S/C15H16Cl2N2S/c1-10(2)19-15-13(16)7-12(8-14(15)17)20-9-11-5-3-4-6-18-11/h3-8,10,19H,9H2,1-2H3. The SMILES string of the molecule is CC(C)Nc1c(Cl)cc(SCc2ccccn2)cc1Cl. The molecule has 5 heteroatoms. The molecule has 1 N–H and O–H groups in total.